The number of carbonyl (C=O) groups is 3. The number of nitrogens with one attached hydrogen (secondary N) is 2. The summed E-state index contributed by atoms with van der Waals surface area (Å²) in [7, 11) is 0. The lowest BCUT2D eigenvalue weighted by Gasteiger charge is -2.20. The van der Waals surface area contributed by atoms with Crippen molar-refractivity contribution in [3.8, 4) is 0 Å². The van der Waals surface area contributed by atoms with Crippen LogP contribution in [0.2, 0.25) is 0 Å². The summed E-state index contributed by atoms with van der Waals surface area (Å²) in [5.74, 6) is -0.234. The molecule has 7 heteroatoms. The number of carbonyl (C=O) groups excluding carboxylic acids is 3. The van der Waals surface area contributed by atoms with E-state index in [1.165, 1.54) is 0 Å². The van der Waals surface area contributed by atoms with E-state index in [-0.39, 0.29) is 18.5 Å². The van der Waals surface area contributed by atoms with Crippen molar-refractivity contribution in [1.82, 2.24) is 15.5 Å². The van der Waals surface area contributed by atoms with E-state index in [9.17, 15) is 14.4 Å². The Labute approximate surface area is 112 Å². The summed E-state index contributed by atoms with van der Waals surface area (Å²) in [6.07, 6.45) is -0.0106. The zero-order valence-electron chi connectivity index (χ0n) is 11.8. The maximum absolute atomic E-state index is 11.6. The van der Waals surface area contributed by atoms with Gasteiger partial charge in [0.05, 0.1) is 0 Å². The molecule has 1 rings (SSSR count). The molecular formula is C12H21N3O4. The Hall–Kier alpha value is -1.79. The van der Waals surface area contributed by atoms with Gasteiger partial charge in [0.15, 0.2) is 0 Å². The first-order valence-electron chi connectivity index (χ1n) is 6.29. The summed E-state index contributed by atoms with van der Waals surface area (Å²) in [6.45, 7) is 7.61. The van der Waals surface area contributed by atoms with Gasteiger partial charge in [-0.15, -0.1) is 0 Å². The molecular weight excluding hydrogens is 250 g/mol. The molecule has 0 saturated carbocycles. The summed E-state index contributed by atoms with van der Waals surface area (Å²) < 4.78 is 5.06. The second kappa shape index (κ2) is 5.90. The SMILES string of the molecule is CC1NC(=O)N(CCCNC(=O)OC(C)(C)C)C1=O. The van der Waals surface area contributed by atoms with Crippen molar-refractivity contribution >= 4 is 18.0 Å². The van der Waals surface area contributed by atoms with E-state index in [1.807, 2.05) is 0 Å². The third-order valence-corrected chi connectivity index (χ3v) is 2.45. The van der Waals surface area contributed by atoms with Crippen molar-refractivity contribution in [1.29, 1.82) is 0 Å². The Morgan fingerprint density at radius 2 is 2.05 bits per heavy atom. The van der Waals surface area contributed by atoms with E-state index >= 15 is 0 Å². The molecule has 0 radical (unpaired) electrons. The number of hydrogen-bond acceptors (Lipinski definition) is 4. The number of imide groups is 1. The molecule has 0 aliphatic carbocycles. The molecule has 1 atom stereocenters. The van der Waals surface area contributed by atoms with Crippen LogP contribution in [0.4, 0.5) is 9.59 Å². The normalized spacial score (nSPS) is 19.4. The fourth-order valence-corrected chi connectivity index (χ4v) is 1.61. The van der Waals surface area contributed by atoms with Gasteiger partial charge in [0.2, 0.25) is 0 Å². The average molecular weight is 271 g/mol. The first-order valence-corrected chi connectivity index (χ1v) is 6.29. The highest BCUT2D eigenvalue weighted by molar-refractivity contribution is 6.03. The number of rotatable bonds is 4. The van der Waals surface area contributed by atoms with Gasteiger partial charge in [-0.3, -0.25) is 9.69 Å². The van der Waals surface area contributed by atoms with Crippen LogP contribution in [-0.2, 0) is 9.53 Å². The maximum atomic E-state index is 11.6. The molecule has 0 spiro atoms. The molecule has 1 heterocycles. The lowest BCUT2D eigenvalue weighted by Crippen LogP contribution is -2.36. The Balaban J connectivity index is 2.23. The van der Waals surface area contributed by atoms with Gasteiger partial charge in [0.1, 0.15) is 11.6 Å². The third kappa shape index (κ3) is 4.76. The van der Waals surface area contributed by atoms with Crippen LogP contribution in [-0.4, -0.2) is 47.7 Å². The maximum Gasteiger partial charge on any atom is 0.407 e. The third-order valence-electron chi connectivity index (χ3n) is 2.45. The van der Waals surface area contributed by atoms with E-state index in [1.54, 1.807) is 27.7 Å². The second-order valence-corrected chi connectivity index (χ2v) is 5.44. The van der Waals surface area contributed by atoms with E-state index in [4.69, 9.17) is 4.74 Å². The predicted octanol–water partition coefficient (Wildman–Crippen LogP) is 0.841. The highest BCUT2D eigenvalue weighted by Gasteiger charge is 2.34. The van der Waals surface area contributed by atoms with E-state index in [2.05, 4.69) is 10.6 Å². The fraction of sp³-hybridized carbons (Fsp3) is 0.750. The highest BCUT2D eigenvalue weighted by Crippen LogP contribution is 2.07. The van der Waals surface area contributed by atoms with Crippen molar-refractivity contribution in [2.24, 2.45) is 0 Å². The standard InChI is InChI=1S/C12H21N3O4/c1-8-9(16)15(10(17)14-8)7-5-6-13-11(18)19-12(2,3)4/h8H,5-7H2,1-4H3,(H,13,18)(H,14,17). The Morgan fingerprint density at radius 3 is 2.53 bits per heavy atom. The van der Waals surface area contributed by atoms with Gasteiger partial charge in [0.25, 0.3) is 5.91 Å². The van der Waals surface area contributed by atoms with Crippen LogP contribution in [0.1, 0.15) is 34.1 Å². The molecule has 1 saturated heterocycles. The van der Waals surface area contributed by atoms with Crippen LogP contribution in [0.25, 0.3) is 0 Å². The molecule has 7 nitrogen and oxygen atoms in total. The smallest absolute Gasteiger partial charge is 0.407 e. The topological polar surface area (TPSA) is 87.7 Å². The van der Waals surface area contributed by atoms with Gasteiger partial charge >= 0.3 is 12.1 Å². The zero-order valence-corrected chi connectivity index (χ0v) is 11.8. The van der Waals surface area contributed by atoms with Gasteiger partial charge in [-0.05, 0) is 34.1 Å². The van der Waals surface area contributed by atoms with E-state index < -0.39 is 17.7 Å². The number of hydrogen-bond donors (Lipinski definition) is 2. The van der Waals surface area contributed by atoms with Gasteiger partial charge in [-0.2, -0.15) is 0 Å². The summed E-state index contributed by atoms with van der Waals surface area (Å²) in [5, 5.41) is 5.10. The van der Waals surface area contributed by atoms with Crippen molar-refractivity contribution in [2.75, 3.05) is 13.1 Å². The average Bonchev–Trinajstić information content (AvgIpc) is 2.47. The summed E-state index contributed by atoms with van der Waals surface area (Å²) in [6, 6.07) is -0.846. The Morgan fingerprint density at radius 1 is 1.42 bits per heavy atom. The van der Waals surface area contributed by atoms with Gasteiger partial charge in [0, 0.05) is 13.1 Å². The van der Waals surface area contributed by atoms with Crippen LogP contribution in [0.5, 0.6) is 0 Å². The fourth-order valence-electron chi connectivity index (χ4n) is 1.61. The quantitative estimate of drug-likeness (QED) is 0.586. The monoisotopic (exact) mass is 271 g/mol. The minimum absolute atomic E-state index is 0.234. The first kappa shape index (κ1) is 15.3. The molecule has 0 aromatic rings. The Kier molecular flexibility index (Phi) is 4.74. The first-order chi connectivity index (χ1) is 8.70. The van der Waals surface area contributed by atoms with Crippen LogP contribution in [0.3, 0.4) is 0 Å². The van der Waals surface area contributed by atoms with Crippen LogP contribution in [0.15, 0.2) is 0 Å². The Bertz CT molecular complexity index is 376. The molecule has 4 amide bonds. The molecule has 0 bridgehead atoms. The number of nitrogens with zero attached hydrogens (tertiary/aromatic N) is 1. The van der Waals surface area contributed by atoms with Crippen LogP contribution in [0, 0.1) is 0 Å². The molecule has 0 aromatic heterocycles. The van der Waals surface area contributed by atoms with Crippen molar-refractivity contribution < 1.29 is 19.1 Å². The molecule has 1 fully saturated rings. The molecule has 1 unspecified atom stereocenters. The minimum atomic E-state index is -0.537. The number of amides is 4. The molecule has 0 aromatic carbocycles. The predicted molar refractivity (Wildman–Crippen MR) is 68.6 cm³/mol. The van der Waals surface area contributed by atoms with Crippen LogP contribution >= 0.6 is 0 Å². The summed E-state index contributed by atoms with van der Waals surface area (Å²) in [5.41, 5.74) is -0.537. The van der Waals surface area contributed by atoms with E-state index in [0.717, 1.165) is 4.90 Å². The number of alkyl carbamates (subject to hydrolysis) is 1. The van der Waals surface area contributed by atoms with Crippen molar-refractivity contribution in [3.05, 3.63) is 0 Å². The van der Waals surface area contributed by atoms with Gasteiger partial charge < -0.3 is 15.4 Å². The van der Waals surface area contributed by atoms with E-state index in [0.29, 0.717) is 13.0 Å². The van der Waals surface area contributed by atoms with Crippen molar-refractivity contribution in [3.63, 3.8) is 0 Å². The summed E-state index contributed by atoms with van der Waals surface area (Å²) >= 11 is 0. The number of ether oxygens (including phenoxy) is 1. The largest absolute Gasteiger partial charge is 0.444 e. The second-order valence-electron chi connectivity index (χ2n) is 5.44. The lowest BCUT2D eigenvalue weighted by molar-refractivity contribution is -0.127. The highest BCUT2D eigenvalue weighted by atomic mass is 16.6. The molecule has 1 aliphatic rings. The molecule has 108 valence electrons. The van der Waals surface area contributed by atoms with Gasteiger partial charge in [-0.25, -0.2) is 9.59 Å². The number of urea groups is 1. The minimum Gasteiger partial charge on any atom is -0.444 e. The molecule has 1 aliphatic heterocycles. The lowest BCUT2D eigenvalue weighted by atomic mass is 10.2. The molecule has 19 heavy (non-hydrogen) atoms. The molecule has 2 N–H and O–H groups in total. The van der Waals surface area contributed by atoms with Crippen LogP contribution < -0.4 is 10.6 Å². The zero-order chi connectivity index (χ0) is 14.6. The summed E-state index contributed by atoms with van der Waals surface area (Å²) in [4.78, 5) is 35.5. The van der Waals surface area contributed by atoms with Crippen molar-refractivity contribution in [2.45, 2.75) is 45.8 Å². The van der Waals surface area contributed by atoms with Gasteiger partial charge in [-0.1, -0.05) is 0 Å².